The highest BCUT2D eigenvalue weighted by Gasteiger charge is 2.22. The van der Waals surface area contributed by atoms with Crippen LogP contribution in [-0.2, 0) is 17.6 Å². The first-order valence-corrected chi connectivity index (χ1v) is 10.2. The molecule has 0 N–H and O–H groups in total. The fourth-order valence-corrected chi connectivity index (χ4v) is 4.81. The van der Waals surface area contributed by atoms with Gasteiger partial charge >= 0.3 is 0 Å². The molecule has 2 heterocycles. The molecule has 0 unspecified atom stereocenters. The summed E-state index contributed by atoms with van der Waals surface area (Å²) >= 11 is 3.13. The summed E-state index contributed by atoms with van der Waals surface area (Å²) in [5, 5.41) is 3.68. The Morgan fingerprint density at radius 2 is 1.96 bits per heavy atom. The van der Waals surface area contributed by atoms with E-state index < -0.39 is 0 Å². The number of thiazole rings is 1. The van der Waals surface area contributed by atoms with Crippen LogP contribution in [0, 0.1) is 20.8 Å². The zero-order valence-corrected chi connectivity index (χ0v) is 17.2. The molecule has 0 spiro atoms. The van der Waals surface area contributed by atoms with Gasteiger partial charge in [-0.2, -0.15) is 0 Å². The topological polar surface area (TPSA) is 51.0 Å². The Balaban J connectivity index is 1.87. The standard InChI is InChI=1S/C19H22N4OS2/c1-12-8-13(2)17(14(3)9-12)23(15(4)24)19-21-16(11-26-19)10-25-18-20-6-7-22(18)5/h6-9,11H,10H2,1-5H3. The number of hydrogen-bond acceptors (Lipinski definition) is 5. The van der Waals surface area contributed by atoms with Crippen molar-refractivity contribution in [3.05, 3.63) is 52.3 Å². The maximum Gasteiger partial charge on any atom is 0.230 e. The Morgan fingerprint density at radius 1 is 1.27 bits per heavy atom. The van der Waals surface area contributed by atoms with E-state index in [4.69, 9.17) is 4.98 Å². The molecule has 5 nitrogen and oxygen atoms in total. The first-order valence-electron chi connectivity index (χ1n) is 8.30. The van der Waals surface area contributed by atoms with Gasteiger partial charge in [-0.05, 0) is 31.9 Å². The van der Waals surface area contributed by atoms with Gasteiger partial charge in [-0.15, -0.1) is 11.3 Å². The van der Waals surface area contributed by atoms with Gasteiger partial charge in [0.25, 0.3) is 0 Å². The summed E-state index contributed by atoms with van der Waals surface area (Å²) in [4.78, 5) is 23.2. The molecule has 0 atom stereocenters. The van der Waals surface area contributed by atoms with Crippen LogP contribution in [0.1, 0.15) is 29.3 Å². The molecule has 0 fully saturated rings. The van der Waals surface area contributed by atoms with E-state index in [0.29, 0.717) is 5.13 Å². The number of benzene rings is 1. The molecule has 0 saturated heterocycles. The van der Waals surface area contributed by atoms with E-state index in [1.165, 1.54) is 16.9 Å². The van der Waals surface area contributed by atoms with Crippen LogP contribution in [0.4, 0.5) is 10.8 Å². The number of aryl methyl sites for hydroxylation is 4. The lowest BCUT2D eigenvalue weighted by atomic mass is 10.0. The molecular weight excluding hydrogens is 364 g/mol. The number of thioether (sulfide) groups is 1. The number of amides is 1. The highest BCUT2D eigenvalue weighted by Crippen LogP contribution is 2.35. The van der Waals surface area contributed by atoms with Crippen LogP contribution < -0.4 is 4.90 Å². The molecule has 2 aromatic heterocycles. The minimum Gasteiger partial charge on any atom is -0.329 e. The highest BCUT2D eigenvalue weighted by atomic mass is 32.2. The fourth-order valence-electron chi connectivity index (χ4n) is 3.01. The number of carbonyl (C=O) groups is 1. The molecular formula is C19H22N4OS2. The van der Waals surface area contributed by atoms with Gasteiger partial charge in [0, 0.05) is 37.5 Å². The number of aromatic nitrogens is 3. The molecule has 0 aliphatic rings. The van der Waals surface area contributed by atoms with Crippen LogP contribution in [0.3, 0.4) is 0 Å². The Morgan fingerprint density at radius 3 is 2.54 bits per heavy atom. The smallest absolute Gasteiger partial charge is 0.230 e. The third-order valence-electron chi connectivity index (χ3n) is 4.03. The van der Waals surface area contributed by atoms with E-state index in [1.807, 2.05) is 37.0 Å². The Hall–Kier alpha value is -2.12. The van der Waals surface area contributed by atoms with Crippen molar-refractivity contribution < 1.29 is 4.79 Å². The molecule has 7 heteroatoms. The maximum absolute atomic E-state index is 12.4. The van der Waals surface area contributed by atoms with Gasteiger partial charge < -0.3 is 4.57 Å². The molecule has 26 heavy (non-hydrogen) atoms. The average molecular weight is 387 g/mol. The van der Waals surface area contributed by atoms with Gasteiger partial charge in [-0.25, -0.2) is 9.97 Å². The van der Waals surface area contributed by atoms with Crippen molar-refractivity contribution in [2.75, 3.05) is 4.90 Å². The average Bonchev–Trinajstić information content (AvgIpc) is 3.17. The van der Waals surface area contributed by atoms with Gasteiger partial charge in [-0.3, -0.25) is 9.69 Å². The van der Waals surface area contributed by atoms with E-state index in [0.717, 1.165) is 33.4 Å². The number of imidazole rings is 1. The number of rotatable bonds is 5. The largest absolute Gasteiger partial charge is 0.329 e. The summed E-state index contributed by atoms with van der Waals surface area (Å²) in [6.45, 7) is 7.73. The Kier molecular flexibility index (Phi) is 5.48. The zero-order valence-electron chi connectivity index (χ0n) is 15.6. The van der Waals surface area contributed by atoms with Crippen molar-refractivity contribution in [2.45, 2.75) is 38.6 Å². The molecule has 0 saturated carbocycles. The first-order chi connectivity index (χ1) is 12.4. The molecule has 0 aliphatic carbocycles. The molecule has 1 aromatic carbocycles. The van der Waals surface area contributed by atoms with Crippen LogP contribution in [-0.4, -0.2) is 20.4 Å². The predicted molar refractivity (Wildman–Crippen MR) is 108 cm³/mol. The van der Waals surface area contributed by atoms with Crippen molar-refractivity contribution in [3.63, 3.8) is 0 Å². The Labute approximate surface area is 162 Å². The monoisotopic (exact) mass is 386 g/mol. The lowest BCUT2D eigenvalue weighted by Crippen LogP contribution is -2.24. The molecule has 136 valence electrons. The van der Waals surface area contributed by atoms with Gasteiger partial charge in [0.05, 0.1) is 11.4 Å². The number of carbonyl (C=O) groups excluding carboxylic acids is 1. The maximum atomic E-state index is 12.4. The molecule has 3 rings (SSSR count). The Bertz CT molecular complexity index is 922. The number of anilines is 2. The first kappa shape index (κ1) is 18.7. The summed E-state index contributed by atoms with van der Waals surface area (Å²) in [6.07, 6.45) is 3.71. The third kappa shape index (κ3) is 3.83. The van der Waals surface area contributed by atoms with E-state index in [2.05, 4.69) is 24.0 Å². The summed E-state index contributed by atoms with van der Waals surface area (Å²) in [6, 6.07) is 4.20. The molecule has 0 radical (unpaired) electrons. The lowest BCUT2D eigenvalue weighted by Gasteiger charge is -2.23. The van der Waals surface area contributed by atoms with E-state index in [9.17, 15) is 4.79 Å². The second-order valence-corrected chi connectivity index (χ2v) is 8.11. The van der Waals surface area contributed by atoms with Crippen LogP contribution in [0.5, 0.6) is 0 Å². The molecule has 1 amide bonds. The second-order valence-electron chi connectivity index (χ2n) is 6.33. The van der Waals surface area contributed by atoms with Gasteiger partial charge in [0.15, 0.2) is 10.3 Å². The lowest BCUT2D eigenvalue weighted by molar-refractivity contribution is -0.115. The highest BCUT2D eigenvalue weighted by molar-refractivity contribution is 7.98. The van der Waals surface area contributed by atoms with Crippen LogP contribution in [0.2, 0.25) is 0 Å². The fraction of sp³-hybridized carbons (Fsp3) is 0.316. The predicted octanol–water partition coefficient (Wildman–Crippen LogP) is 4.78. The van der Waals surface area contributed by atoms with Crippen molar-refractivity contribution in [1.29, 1.82) is 0 Å². The summed E-state index contributed by atoms with van der Waals surface area (Å²) in [5.74, 6) is 0.691. The van der Waals surface area contributed by atoms with Crippen molar-refractivity contribution in [3.8, 4) is 0 Å². The number of nitrogens with zero attached hydrogens (tertiary/aromatic N) is 4. The van der Waals surface area contributed by atoms with Crippen LogP contribution in [0.25, 0.3) is 0 Å². The van der Waals surface area contributed by atoms with Gasteiger partial charge in [0.1, 0.15) is 0 Å². The summed E-state index contributed by atoms with van der Waals surface area (Å²) in [7, 11) is 1.97. The minimum absolute atomic E-state index is 0.0299. The summed E-state index contributed by atoms with van der Waals surface area (Å²) < 4.78 is 1.98. The molecule has 0 bridgehead atoms. The quantitative estimate of drug-likeness (QED) is 0.592. The summed E-state index contributed by atoms with van der Waals surface area (Å²) in [5.41, 5.74) is 5.24. The van der Waals surface area contributed by atoms with E-state index in [1.54, 1.807) is 29.8 Å². The zero-order chi connectivity index (χ0) is 18.8. The van der Waals surface area contributed by atoms with Crippen molar-refractivity contribution in [2.24, 2.45) is 7.05 Å². The van der Waals surface area contributed by atoms with Crippen LogP contribution in [0.15, 0.2) is 35.1 Å². The van der Waals surface area contributed by atoms with E-state index in [-0.39, 0.29) is 5.91 Å². The normalized spacial score (nSPS) is 11.0. The second kappa shape index (κ2) is 7.63. The van der Waals surface area contributed by atoms with Crippen LogP contribution >= 0.6 is 23.1 Å². The van der Waals surface area contributed by atoms with E-state index >= 15 is 0 Å². The minimum atomic E-state index is -0.0299. The SMILES string of the molecule is CC(=O)N(c1nc(CSc2nccn2C)cs1)c1c(C)cc(C)cc1C. The molecule has 0 aliphatic heterocycles. The van der Waals surface area contributed by atoms with Crippen molar-refractivity contribution in [1.82, 2.24) is 14.5 Å². The van der Waals surface area contributed by atoms with Gasteiger partial charge in [-0.1, -0.05) is 29.5 Å². The third-order valence-corrected chi connectivity index (χ3v) is 6.00. The van der Waals surface area contributed by atoms with Crippen molar-refractivity contribution >= 4 is 39.8 Å². The number of hydrogen-bond donors (Lipinski definition) is 0. The molecule has 3 aromatic rings. The van der Waals surface area contributed by atoms with Gasteiger partial charge in [0.2, 0.25) is 5.91 Å².